The molecular formula is C13H14ClN3O2. The lowest BCUT2D eigenvalue weighted by Gasteiger charge is -2.06. The molecule has 0 saturated carbocycles. The minimum absolute atomic E-state index is 0.201. The molecule has 1 amide bonds. The first-order valence-corrected chi connectivity index (χ1v) is 6.19. The zero-order valence-corrected chi connectivity index (χ0v) is 11.7. The van der Waals surface area contributed by atoms with Crippen molar-refractivity contribution in [1.29, 1.82) is 0 Å². The quantitative estimate of drug-likeness (QED) is 0.877. The van der Waals surface area contributed by atoms with Crippen molar-refractivity contribution in [3.05, 3.63) is 45.6 Å². The van der Waals surface area contributed by atoms with Gasteiger partial charge in [0.05, 0.1) is 5.69 Å². The molecule has 6 heteroatoms. The van der Waals surface area contributed by atoms with Crippen LogP contribution in [0, 0.1) is 20.8 Å². The van der Waals surface area contributed by atoms with E-state index < -0.39 is 0 Å². The molecule has 2 heterocycles. The van der Waals surface area contributed by atoms with Crippen LogP contribution < -0.4 is 5.32 Å². The lowest BCUT2D eigenvalue weighted by Crippen LogP contribution is -2.23. The van der Waals surface area contributed by atoms with Crippen molar-refractivity contribution >= 4 is 17.5 Å². The van der Waals surface area contributed by atoms with E-state index in [9.17, 15) is 4.79 Å². The van der Waals surface area contributed by atoms with Gasteiger partial charge < -0.3 is 9.84 Å². The van der Waals surface area contributed by atoms with Gasteiger partial charge in [-0.1, -0.05) is 16.8 Å². The van der Waals surface area contributed by atoms with Crippen molar-refractivity contribution in [2.24, 2.45) is 0 Å². The Morgan fingerprint density at radius 3 is 2.68 bits per heavy atom. The number of amides is 1. The fourth-order valence-electron chi connectivity index (χ4n) is 1.78. The van der Waals surface area contributed by atoms with E-state index in [0.717, 1.165) is 11.3 Å². The molecule has 2 aromatic heterocycles. The van der Waals surface area contributed by atoms with Crippen molar-refractivity contribution in [2.75, 3.05) is 0 Å². The van der Waals surface area contributed by atoms with Gasteiger partial charge >= 0.3 is 0 Å². The maximum atomic E-state index is 12.0. The standard InChI is InChI=1S/C13H14ClN3O2/c1-7-4-10(5-12(14)16-7)13(18)15-6-11-8(2)17-19-9(11)3/h4-5H,6H2,1-3H3,(H,15,18). The second-order valence-corrected chi connectivity index (χ2v) is 4.69. The van der Waals surface area contributed by atoms with Gasteiger partial charge in [0.15, 0.2) is 0 Å². The van der Waals surface area contributed by atoms with E-state index in [1.165, 1.54) is 6.07 Å². The molecule has 100 valence electrons. The molecule has 5 nitrogen and oxygen atoms in total. The van der Waals surface area contributed by atoms with E-state index in [1.54, 1.807) is 13.0 Å². The summed E-state index contributed by atoms with van der Waals surface area (Å²) >= 11 is 5.83. The number of halogens is 1. The number of carbonyl (C=O) groups is 1. The SMILES string of the molecule is Cc1cc(C(=O)NCc2c(C)noc2C)cc(Cl)n1. The first-order chi connectivity index (χ1) is 8.97. The van der Waals surface area contributed by atoms with Crippen LogP contribution in [0.5, 0.6) is 0 Å². The van der Waals surface area contributed by atoms with Crippen LogP contribution in [0.25, 0.3) is 0 Å². The maximum Gasteiger partial charge on any atom is 0.251 e. The highest BCUT2D eigenvalue weighted by atomic mass is 35.5. The number of pyridine rings is 1. The van der Waals surface area contributed by atoms with E-state index >= 15 is 0 Å². The highest BCUT2D eigenvalue weighted by molar-refractivity contribution is 6.29. The van der Waals surface area contributed by atoms with Crippen LogP contribution in [0.15, 0.2) is 16.7 Å². The summed E-state index contributed by atoms with van der Waals surface area (Å²) in [6, 6.07) is 3.23. The molecule has 1 N–H and O–H groups in total. The Morgan fingerprint density at radius 1 is 1.37 bits per heavy atom. The van der Waals surface area contributed by atoms with Crippen LogP contribution >= 0.6 is 11.6 Å². The van der Waals surface area contributed by atoms with E-state index in [2.05, 4.69) is 15.5 Å². The molecule has 2 aromatic rings. The Morgan fingerprint density at radius 2 is 2.11 bits per heavy atom. The molecule has 19 heavy (non-hydrogen) atoms. The highest BCUT2D eigenvalue weighted by Gasteiger charge is 2.12. The molecular weight excluding hydrogens is 266 g/mol. The van der Waals surface area contributed by atoms with E-state index in [1.807, 2.05) is 13.8 Å². The lowest BCUT2D eigenvalue weighted by atomic mass is 10.2. The number of rotatable bonds is 3. The first-order valence-electron chi connectivity index (χ1n) is 5.81. The number of hydrogen-bond donors (Lipinski definition) is 1. The predicted octanol–water partition coefficient (Wildman–Crippen LogP) is 2.58. The van der Waals surface area contributed by atoms with E-state index in [4.69, 9.17) is 16.1 Å². The van der Waals surface area contributed by atoms with Crippen LogP contribution in [0.1, 0.15) is 33.1 Å². The molecule has 0 atom stereocenters. The molecule has 0 aliphatic heterocycles. The summed E-state index contributed by atoms with van der Waals surface area (Å²) in [5.41, 5.74) is 2.87. The second kappa shape index (κ2) is 5.40. The lowest BCUT2D eigenvalue weighted by molar-refractivity contribution is 0.0950. The van der Waals surface area contributed by atoms with E-state index in [0.29, 0.717) is 28.7 Å². The Bertz CT molecular complexity index is 583. The summed E-state index contributed by atoms with van der Waals surface area (Å²) < 4.78 is 5.04. The number of aromatic nitrogens is 2. The van der Waals surface area contributed by atoms with Gasteiger partial charge in [0.25, 0.3) is 5.91 Å². The molecule has 0 saturated heterocycles. The summed E-state index contributed by atoms with van der Waals surface area (Å²) in [5, 5.41) is 6.96. The first kappa shape index (κ1) is 13.5. The summed E-state index contributed by atoms with van der Waals surface area (Å²) in [6.45, 7) is 5.82. The van der Waals surface area contributed by atoms with Crippen LogP contribution in [0.2, 0.25) is 5.15 Å². The molecule has 0 aliphatic carbocycles. The summed E-state index contributed by atoms with van der Waals surface area (Å²) in [5.74, 6) is 0.508. The van der Waals surface area contributed by atoms with Crippen molar-refractivity contribution in [1.82, 2.24) is 15.5 Å². The van der Waals surface area contributed by atoms with Crippen molar-refractivity contribution in [3.63, 3.8) is 0 Å². The minimum Gasteiger partial charge on any atom is -0.361 e. The Balaban J connectivity index is 2.09. The van der Waals surface area contributed by atoms with Crippen LogP contribution in [0.3, 0.4) is 0 Å². The zero-order chi connectivity index (χ0) is 14.0. The average Bonchev–Trinajstić information content (AvgIpc) is 2.65. The van der Waals surface area contributed by atoms with Crippen LogP contribution in [-0.4, -0.2) is 16.0 Å². The minimum atomic E-state index is -0.201. The molecule has 2 rings (SSSR count). The third-order valence-corrected chi connectivity index (χ3v) is 2.98. The van der Waals surface area contributed by atoms with Crippen molar-refractivity contribution < 1.29 is 9.32 Å². The summed E-state index contributed by atoms with van der Waals surface area (Å²) in [7, 11) is 0. The fraction of sp³-hybridized carbons (Fsp3) is 0.308. The third kappa shape index (κ3) is 3.12. The zero-order valence-electron chi connectivity index (χ0n) is 11.0. The van der Waals surface area contributed by atoms with Gasteiger partial charge in [-0.15, -0.1) is 0 Å². The number of nitrogens with zero attached hydrogens (tertiary/aromatic N) is 2. The van der Waals surface area contributed by atoms with Crippen LogP contribution in [0.4, 0.5) is 0 Å². The number of hydrogen-bond acceptors (Lipinski definition) is 4. The largest absolute Gasteiger partial charge is 0.361 e. The fourth-order valence-corrected chi connectivity index (χ4v) is 2.04. The van der Waals surface area contributed by atoms with Gasteiger partial charge in [0.1, 0.15) is 10.9 Å². The topological polar surface area (TPSA) is 68.0 Å². The van der Waals surface area contributed by atoms with Gasteiger partial charge in [0, 0.05) is 23.4 Å². The van der Waals surface area contributed by atoms with Gasteiger partial charge in [-0.05, 0) is 32.9 Å². The normalized spacial score (nSPS) is 10.5. The maximum absolute atomic E-state index is 12.0. The smallest absolute Gasteiger partial charge is 0.251 e. The predicted molar refractivity (Wildman–Crippen MR) is 71.1 cm³/mol. The number of aryl methyl sites for hydroxylation is 3. The summed E-state index contributed by atoms with van der Waals surface area (Å²) in [4.78, 5) is 16.0. The molecule has 0 fully saturated rings. The Labute approximate surface area is 116 Å². The van der Waals surface area contributed by atoms with Gasteiger partial charge in [-0.3, -0.25) is 4.79 Å². The van der Waals surface area contributed by atoms with Crippen LogP contribution in [-0.2, 0) is 6.54 Å². The Kier molecular flexibility index (Phi) is 3.85. The van der Waals surface area contributed by atoms with E-state index in [-0.39, 0.29) is 5.91 Å². The molecule has 0 bridgehead atoms. The monoisotopic (exact) mass is 279 g/mol. The summed E-state index contributed by atoms with van der Waals surface area (Å²) in [6.07, 6.45) is 0. The molecule has 0 aromatic carbocycles. The molecule has 0 spiro atoms. The van der Waals surface area contributed by atoms with Crippen molar-refractivity contribution in [3.8, 4) is 0 Å². The molecule has 0 unspecified atom stereocenters. The van der Waals surface area contributed by atoms with Gasteiger partial charge in [-0.2, -0.15) is 0 Å². The molecule has 0 aliphatic rings. The number of carbonyl (C=O) groups excluding carboxylic acids is 1. The third-order valence-electron chi connectivity index (χ3n) is 2.79. The van der Waals surface area contributed by atoms with Gasteiger partial charge in [0.2, 0.25) is 0 Å². The Hall–Kier alpha value is -1.88. The highest BCUT2D eigenvalue weighted by Crippen LogP contribution is 2.13. The van der Waals surface area contributed by atoms with Crippen molar-refractivity contribution in [2.45, 2.75) is 27.3 Å². The number of nitrogens with one attached hydrogen (secondary N) is 1. The average molecular weight is 280 g/mol. The second-order valence-electron chi connectivity index (χ2n) is 4.31. The molecule has 0 radical (unpaired) electrons. The van der Waals surface area contributed by atoms with Gasteiger partial charge in [-0.25, -0.2) is 4.98 Å².